The summed E-state index contributed by atoms with van der Waals surface area (Å²) < 4.78 is 0. The lowest BCUT2D eigenvalue weighted by Gasteiger charge is -2.20. The Balaban J connectivity index is 1.49. The first kappa shape index (κ1) is 16.2. The standard InChI is InChI=1S/C24H21NO2/c1-15(17-10-6-3-7-11-17)20-18-12-13-19(20)22-21(18)23(26)25(24(22)27)14-16-8-4-2-5-9-16/h2-13,18-19,21-22H,14H2,1H3/t18-,19-,21-,22-/m1/s1. The van der Waals surface area contributed by atoms with Gasteiger partial charge in [0.1, 0.15) is 0 Å². The van der Waals surface area contributed by atoms with E-state index in [0.29, 0.717) is 6.54 Å². The van der Waals surface area contributed by atoms with Crippen molar-refractivity contribution >= 4 is 17.4 Å². The first-order valence-electron chi connectivity index (χ1n) is 9.50. The maximum Gasteiger partial charge on any atom is 0.234 e. The van der Waals surface area contributed by atoms with Gasteiger partial charge in [-0.25, -0.2) is 0 Å². The summed E-state index contributed by atoms with van der Waals surface area (Å²) in [5, 5.41) is 0. The largest absolute Gasteiger partial charge is 0.278 e. The van der Waals surface area contributed by atoms with Crippen molar-refractivity contribution in [3.05, 3.63) is 89.5 Å². The molecule has 1 saturated heterocycles. The number of rotatable bonds is 3. The molecule has 0 spiro atoms. The molecule has 3 heteroatoms. The molecule has 3 aliphatic rings. The van der Waals surface area contributed by atoms with E-state index in [9.17, 15) is 9.59 Å². The molecule has 27 heavy (non-hydrogen) atoms. The summed E-state index contributed by atoms with van der Waals surface area (Å²) in [6.45, 7) is 2.50. The molecule has 2 fully saturated rings. The smallest absolute Gasteiger partial charge is 0.234 e. The van der Waals surface area contributed by atoms with E-state index in [4.69, 9.17) is 0 Å². The molecule has 1 saturated carbocycles. The number of fused-ring (bicyclic) bond motifs is 5. The highest BCUT2D eigenvalue weighted by atomic mass is 16.2. The number of imide groups is 1. The van der Waals surface area contributed by atoms with E-state index in [1.807, 2.05) is 48.5 Å². The monoisotopic (exact) mass is 355 g/mol. The molecule has 0 N–H and O–H groups in total. The molecule has 2 aliphatic carbocycles. The van der Waals surface area contributed by atoms with Crippen LogP contribution in [-0.4, -0.2) is 16.7 Å². The zero-order valence-electron chi connectivity index (χ0n) is 15.2. The lowest BCUT2D eigenvalue weighted by atomic mass is 9.85. The highest BCUT2D eigenvalue weighted by Crippen LogP contribution is 2.57. The van der Waals surface area contributed by atoms with Gasteiger partial charge in [0.15, 0.2) is 0 Å². The van der Waals surface area contributed by atoms with Crippen molar-refractivity contribution in [1.29, 1.82) is 0 Å². The van der Waals surface area contributed by atoms with E-state index in [0.717, 1.165) is 5.56 Å². The first-order chi connectivity index (χ1) is 13.2. The molecule has 4 atom stereocenters. The summed E-state index contributed by atoms with van der Waals surface area (Å²) >= 11 is 0. The van der Waals surface area contributed by atoms with Crippen LogP contribution in [-0.2, 0) is 16.1 Å². The van der Waals surface area contributed by atoms with Crippen LogP contribution in [0.3, 0.4) is 0 Å². The number of carbonyl (C=O) groups is 2. The van der Waals surface area contributed by atoms with Crippen molar-refractivity contribution in [2.24, 2.45) is 23.7 Å². The quantitative estimate of drug-likeness (QED) is 0.615. The Bertz CT molecular complexity index is 940. The van der Waals surface area contributed by atoms with Crippen LogP contribution in [0.2, 0.25) is 0 Å². The topological polar surface area (TPSA) is 37.4 Å². The Morgan fingerprint density at radius 2 is 1.33 bits per heavy atom. The predicted octanol–water partition coefficient (Wildman–Crippen LogP) is 4.08. The molecule has 2 bridgehead atoms. The lowest BCUT2D eigenvalue weighted by molar-refractivity contribution is -0.141. The van der Waals surface area contributed by atoms with Crippen molar-refractivity contribution in [1.82, 2.24) is 4.90 Å². The molecule has 0 radical (unpaired) electrons. The van der Waals surface area contributed by atoms with Gasteiger partial charge in [0.05, 0.1) is 18.4 Å². The van der Waals surface area contributed by atoms with Crippen LogP contribution in [0.25, 0.3) is 5.57 Å². The zero-order chi connectivity index (χ0) is 18.5. The van der Waals surface area contributed by atoms with E-state index in [-0.39, 0.29) is 35.5 Å². The molecule has 3 nitrogen and oxygen atoms in total. The molecular formula is C24H21NO2. The minimum atomic E-state index is -0.232. The van der Waals surface area contributed by atoms with Crippen LogP contribution in [0.1, 0.15) is 18.1 Å². The molecule has 0 aromatic heterocycles. The minimum absolute atomic E-state index is 0.0101. The third-order valence-corrected chi connectivity index (χ3v) is 6.33. The Hall–Kier alpha value is -2.94. The van der Waals surface area contributed by atoms with Gasteiger partial charge < -0.3 is 0 Å². The van der Waals surface area contributed by atoms with Gasteiger partial charge >= 0.3 is 0 Å². The van der Waals surface area contributed by atoms with Crippen molar-refractivity contribution in [2.45, 2.75) is 13.5 Å². The fraction of sp³-hybridized carbons (Fsp3) is 0.250. The summed E-state index contributed by atoms with van der Waals surface area (Å²) in [4.78, 5) is 27.8. The van der Waals surface area contributed by atoms with Gasteiger partial charge in [0.2, 0.25) is 11.8 Å². The Morgan fingerprint density at radius 3 is 1.89 bits per heavy atom. The normalized spacial score (nSPS) is 28.2. The fourth-order valence-corrected chi connectivity index (χ4v) is 5.10. The SMILES string of the molecule is CC(=C1[C@H]2C=C[C@H]1[C@H]1C(=O)N(Cc3ccccc3)C(=O)[C@@H]12)c1ccccc1. The van der Waals surface area contributed by atoms with Crippen molar-refractivity contribution in [3.8, 4) is 0 Å². The molecule has 5 rings (SSSR count). The highest BCUT2D eigenvalue weighted by molar-refractivity contribution is 6.07. The van der Waals surface area contributed by atoms with Crippen molar-refractivity contribution in [2.75, 3.05) is 0 Å². The number of hydrogen-bond donors (Lipinski definition) is 0. The van der Waals surface area contributed by atoms with Crippen LogP contribution in [0, 0.1) is 23.7 Å². The van der Waals surface area contributed by atoms with E-state index >= 15 is 0 Å². The zero-order valence-corrected chi connectivity index (χ0v) is 15.2. The summed E-state index contributed by atoms with van der Waals surface area (Å²) in [5.74, 6) is -0.377. The van der Waals surface area contributed by atoms with Crippen LogP contribution < -0.4 is 0 Å². The summed E-state index contributed by atoms with van der Waals surface area (Å²) in [5.41, 5.74) is 4.64. The third-order valence-electron chi connectivity index (χ3n) is 6.33. The number of likely N-dealkylation sites (tertiary alicyclic amines) is 1. The molecular weight excluding hydrogens is 334 g/mol. The maximum absolute atomic E-state index is 13.1. The number of nitrogens with zero attached hydrogens (tertiary/aromatic N) is 1. The van der Waals surface area contributed by atoms with Gasteiger partial charge in [0.25, 0.3) is 0 Å². The van der Waals surface area contributed by atoms with E-state index in [1.165, 1.54) is 21.6 Å². The highest BCUT2D eigenvalue weighted by Gasteiger charge is 2.61. The Morgan fingerprint density at radius 1 is 0.815 bits per heavy atom. The summed E-state index contributed by atoms with van der Waals surface area (Å²) in [6.07, 6.45) is 4.29. The number of benzene rings is 2. The lowest BCUT2D eigenvalue weighted by Crippen LogP contribution is -2.32. The first-order valence-corrected chi connectivity index (χ1v) is 9.50. The molecule has 2 aromatic carbocycles. The van der Waals surface area contributed by atoms with Crippen LogP contribution in [0.15, 0.2) is 78.4 Å². The van der Waals surface area contributed by atoms with Gasteiger partial charge in [-0.1, -0.05) is 78.4 Å². The van der Waals surface area contributed by atoms with Gasteiger partial charge in [-0.15, -0.1) is 0 Å². The van der Waals surface area contributed by atoms with Crippen LogP contribution in [0.5, 0.6) is 0 Å². The summed E-state index contributed by atoms with van der Waals surface area (Å²) in [7, 11) is 0. The molecule has 1 aliphatic heterocycles. The second kappa shape index (κ2) is 6.05. The van der Waals surface area contributed by atoms with Gasteiger partial charge in [-0.3, -0.25) is 14.5 Å². The number of hydrogen-bond acceptors (Lipinski definition) is 2. The number of amides is 2. The Kier molecular flexibility index (Phi) is 3.64. The van der Waals surface area contributed by atoms with E-state index < -0.39 is 0 Å². The average molecular weight is 355 g/mol. The van der Waals surface area contributed by atoms with Crippen LogP contribution in [0.4, 0.5) is 0 Å². The molecule has 1 heterocycles. The molecule has 2 aromatic rings. The van der Waals surface area contributed by atoms with Gasteiger partial charge in [-0.05, 0) is 23.6 Å². The third kappa shape index (κ3) is 2.34. The van der Waals surface area contributed by atoms with Crippen molar-refractivity contribution < 1.29 is 9.59 Å². The maximum atomic E-state index is 13.1. The molecule has 2 amide bonds. The molecule has 0 unspecified atom stereocenters. The molecule has 134 valence electrons. The average Bonchev–Trinajstić information content (AvgIpc) is 3.35. The number of carbonyl (C=O) groups excluding carboxylic acids is 2. The number of allylic oxidation sites excluding steroid dienone is 4. The second-order valence-corrected chi connectivity index (χ2v) is 7.68. The minimum Gasteiger partial charge on any atom is -0.278 e. The van der Waals surface area contributed by atoms with Crippen LogP contribution >= 0.6 is 0 Å². The van der Waals surface area contributed by atoms with E-state index in [1.54, 1.807) is 0 Å². The predicted molar refractivity (Wildman–Crippen MR) is 104 cm³/mol. The fourth-order valence-electron chi connectivity index (χ4n) is 5.10. The summed E-state index contributed by atoms with van der Waals surface area (Å²) in [6, 6.07) is 20.0. The van der Waals surface area contributed by atoms with Gasteiger partial charge in [-0.2, -0.15) is 0 Å². The van der Waals surface area contributed by atoms with Crippen molar-refractivity contribution in [3.63, 3.8) is 0 Å². The Labute approximate surface area is 159 Å². The van der Waals surface area contributed by atoms with Gasteiger partial charge in [0, 0.05) is 11.8 Å². The second-order valence-electron chi connectivity index (χ2n) is 7.68. The van der Waals surface area contributed by atoms with E-state index in [2.05, 4.69) is 31.2 Å².